The van der Waals surface area contributed by atoms with E-state index in [9.17, 15) is 9.90 Å². The van der Waals surface area contributed by atoms with Gasteiger partial charge < -0.3 is 15.9 Å². The van der Waals surface area contributed by atoms with E-state index >= 15 is 0 Å². The first kappa shape index (κ1) is 12.0. The second-order valence-electron chi connectivity index (χ2n) is 3.38. The summed E-state index contributed by atoms with van der Waals surface area (Å²) in [6.07, 6.45) is 0.113. The van der Waals surface area contributed by atoms with Gasteiger partial charge >= 0.3 is 5.97 Å². The number of halogens is 1. The molecule has 1 rings (SSSR count). The summed E-state index contributed by atoms with van der Waals surface area (Å²) < 4.78 is 0.797. The third-order valence-electron chi connectivity index (χ3n) is 2.10. The SMILES string of the molecule is Cc1cc(Br)cc(CC(N)C(=O)O)c1O. The van der Waals surface area contributed by atoms with E-state index in [0.29, 0.717) is 11.1 Å². The minimum absolute atomic E-state index is 0.106. The lowest BCUT2D eigenvalue weighted by Gasteiger charge is -2.10. The minimum Gasteiger partial charge on any atom is -0.507 e. The topological polar surface area (TPSA) is 83.6 Å². The molecule has 15 heavy (non-hydrogen) atoms. The Kier molecular flexibility index (Phi) is 3.71. The first-order chi connectivity index (χ1) is 6.91. The number of phenolic OH excluding ortho intramolecular Hbond substituents is 1. The van der Waals surface area contributed by atoms with Crippen molar-refractivity contribution in [1.29, 1.82) is 0 Å². The van der Waals surface area contributed by atoms with Gasteiger partial charge in [-0.05, 0) is 30.2 Å². The fraction of sp³-hybridized carbons (Fsp3) is 0.300. The minimum atomic E-state index is -1.08. The third-order valence-corrected chi connectivity index (χ3v) is 2.56. The number of nitrogens with two attached hydrogens (primary N) is 1. The molecule has 0 aliphatic rings. The zero-order chi connectivity index (χ0) is 11.6. The molecule has 4 nitrogen and oxygen atoms in total. The Morgan fingerprint density at radius 3 is 2.73 bits per heavy atom. The molecule has 1 aromatic carbocycles. The summed E-state index contributed by atoms with van der Waals surface area (Å²) in [5.41, 5.74) is 6.62. The van der Waals surface area contributed by atoms with E-state index in [0.717, 1.165) is 4.47 Å². The molecule has 0 bridgehead atoms. The van der Waals surface area contributed by atoms with Gasteiger partial charge in [0, 0.05) is 10.9 Å². The second-order valence-corrected chi connectivity index (χ2v) is 4.29. The fourth-order valence-electron chi connectivity index (χ4n) is 1.28. The highest BCUT2D eigenvalue weighted by molar-refractivity contribution is 9.10. The number of carbonyl (C=O) groups is 1. The molecule has 1 atom stereocenters. The number of hydrogen-bond donors (Lipinski definition) is 3. The lowest BCUT2D eigenvalue weighted by atomic mass is 10.0. The molecule has 0 spiro atoms. The van der Waals surface area contributed by atoms with Crippen LogP contribution in [0.1, 0.15) is 11.1 Å². The molecule has 4 N–H and O–H groups in total. The van der Waals surface area contributed by atoms with Crippen LogP contribution in [-0.4, -0.2) is 22.2 Å². The van der Waals surface area contributed by atoms with Crippen LogP contribution in [0.15, 0.2) is 16.6 Å². The monoisotopic (exact) mass is 273 g/mol. The van der Waals surface area contributed by atoms with E-state index in [-0.39, 0.29) is 12.2 Å². The average molecular weight is 274 g/mol. The van der Waals surface area contributed by atoms with Gasteiger partial charge in [0.15, 0.2) is 0 Å². The number of carboxylic acid groups (broad SMARTS) is 1. The van der Waals surface area contributed by atoms with Crippen molar-refractivity contribution in [2.45, 2.75) is 19.4 Å². The van der Waals surface area contributed by atoms with Crippen LogP contribution in [0.5, 0.6) is 5.75 Å². The Bertz CT molecular complexity index is 392. The van der Waals surface area contributed by atoms with Gasteiger partial charge in [-0.25, -0.2) is 0 Å². The van der Waals surface area contributed by atoms with E-state index in [1.165, 1.54) is 0 Å². The Hall–Kier alpha value is -1.07. The van der Waals surface area contributed by atoms with Gasteiger partial charge in [-0.2, -0.15) is 0 Å². The molecule has 82 valence electrons. The van der Waals surface area contributed by atoms with Crippen LogP contribution < -0.4 is 5.73 Å². The number of aliphatic carboxylic acids is 1. The van der Waals surface area contributed by atoms with Crippen molar-refractivity contribution >= 4 is 21.9 Å². The van der Waals surface area contributed by atoms with Crippen molar-refractivity contribution in [3.05, 3.63) is 27.7 Å². The van der Waals surface area contributed by atoms with Gasteiger partial charge in [-0.3, -0.25) is 4.79 Å². The standard InChI is InChI=1S/C10H12BrNO3/c1-5-2-7(11)3-6(9(5)13)4-8(12)10(14)15/h2-3,8,13H,4,12H2,1H3,(H,14,15). The van der Waals surface area contributed by atoms with Crippen LogP contribution in [0.25, 0.3) is 0 Å². The number of rotatable bonds is 3. The molecule has 1 aromatic rings. The number of aromatic hydroxyl groups is 1. The van der Waals surface area contributed by atoms with Gasteiger partial charge in [0.05, 0.1) is 0 Å². The molecule has 0 amide bonds. The highest BCUT2D eigenvalue weighted by Crippen LogP contribution is 2.27. The maximum Gasteiger partial charge on any atom is 0.320 e. The summed E-state index contributed by atoms with van der Waals surface area (Å²) in [6, 6.07) is 2.43. The van der Waals surface area contributed by atoms with Crippen LogP contribution >= 0.6 is 15.9 Å². The summed E-state index contributed by atoms with van der Waals surface area (Å²) in [4.78, 5) is 10.6. The third kappa shape index (κ3) is 2.94. The smallest absolute Gasteiger partial charge is 0.320 e. The highest BCUT2D eigenvalue weighted by Gasteiger charge is 2.15. The summed E-state index contributed by atoms with van der Waals surface area (Å²) >= 11 is 3.27. The first-order valence-corrected chi connectivity index (χ1v) is 5.17. The predicted octanol–water partition coefficient (Wildman–Crippen LogP) is 1.42. The van der Waals surface area contributed by atoms with Crippen molar-refractivity contribution in [1.82, 2.24) is 0 Å². The van der Waals surface area contributed by atoms with Crippen LogP contribution in [0.4, 0.5) is 0 Å². The molecule has 0 fully saturated rings. The van der Waals surface area contributed by atoms with Gasteiger partial charge in [0.1, 0.15) is 11.8 Å². The summed E-state index contributed by atoms with van der Waals surface area (Å²) in [7, 11) is 0. The number of aryl methyl sites for hydroxylation is 1. The Labute approximate surface area is 95.8 Å². The Morgan fingerprint density at radius 2 is 2.20 bits per heavy atom. The molecule has 5 heteroatoms. The first-order valence-electron chi connectivity index (χ1n) is 4.38. The summed E-state index contributed by atoms with van der Waals surface area (Å²) in [5.74, 6) is -0.970. The lowest BCUT2D eigenvalue weighted by Crippen LogP contribution is -2.32. The van der Waals surface area contributed by atoms with Crippen LogP contribution in [-0.2, 0) is 11.2 Å². The zero-order valence-corrected chi connectivity index (χ0v) is 9.78. The molecule has 0 saturated heterocycles. The van der Waals surface area contributed by atoms with Crippen molar-refractivity contribution in [3.8, 4) is 5.75 Å². The Balaban J connectivity index is 2.99. The van der Waals surface area contributed by atoms with Gasteiger partial charge in [0.25, 0.3) is 0 Å². The lowest BCUT2D eigenvalue weighted by molar-refractivity contribution is -0.138. The van der Waals surface area contributed by atoms with E-state index in [1.54, 1.807) is 19.1 Å². The van der Waals surface area contributed by atoms with Crippen molar-refractivity contribution in [3.63, 3.8) is 0 Å². The number of benzene rings is 1. The summed E-state index contributed by atoms with van der Waals surface area (Å²) in [5, 5.41) is 18.3. The number of hydrogen-bond acceptors (Lipinski definition) is 3. The molecule has 0 saturated carbocycles. The van der Waals surface area contributed by atoms with E-state index in [2.05, 4.69) is 15.9 Å². The fourth-order valence-corrected chi connectivity index (χ4v) is 1.90. The normalized spacial score (nSPS) is 12.5. The van der Waals surface area contributed by atoms with Crippen molar-refractivity contribution in [2.75, 3.05) is 0 Å². The number of carboxylic acids is 1. The molecule has 0 radical (unpaired) electrons. The maximum atomic E-state index is 10.6. The molecular formula is C10H12BrNO3. The molecule has 0 aliphatic heterocycles. The molecule has 0 heterocycles. The Morgan fingerprint density at radius 1 is 1.60 bits per heavy atom. The van der Waals surface area contributed by atoms with E-state index in [1.807, 2.05) is 0 Å². The summed E-state index contributed by atoms with van der Waals surface area (Å²) in [6.45, 7) is 1.75. The predicted molar refractivity (Wildman–Crippen MR) is 59.9 cm³/mol. The highest BCUT2D eigenvalue weighted by atomic mass is 79.9. The van der Waals surface area contributed by atoms with Crippen molar-refractivity contribution in [2.24, 2.45) is 5.73 Å². The van der Waals surface area contributed by atoms with Crippen LogP contribution in [0.3, 0.4) is 0 Å². The zero-order valence-electron chi connectivity index (χ0n) is 8.20. The van der Waals surface area contributed by atoms with Crippen LogP contribution in [0.2, 0.25) is 0 Å². The second kappa shape index (κ2) is 4.63. The molecule has 0 aromatic heterocycles. The molecular weight excluding hydrogens is 262 g/mol. The maximum absolute atomic E-state index is 10.6. The largest absolute Gasteiger partial charge is 0.507 e. The van der Waals surface area contributed by atoms with Crippen molar-refractivity contribution < 1.29 is 15.0 Å². The van der Waals surface area contributed by atoms with E-state index in [4.69, 9.17) is 10.8 Å². The van der Waals surface area contributed by atoms with Gasteiger partial charge in [-0.1, -0.05) is 15.9 Å². The van der Waals surface area contributed by atoms with Crippen LogP contribution in [0, 0.1) is 6.92 Å². The quantitative estimate of drug-likeness (QED) is 0.778. The van der Waals surface area contributed by atoms with Gasteiger partial charge in [0.2, 0.25) is 0 Å². The molecule has 0 aliphatic carbocycles. The average Bonchev–Trinajstić information content (AvgIpc) is 2.13. The van der Waals surface area contributed by atoms with Gasteiger partial charge in [-0.15, -0.1) is 0 Å². The number of phenols is 1. The van der Waals surface area contributed by atoms with E-state index < -0.39 is 12.0 Å². The molecule has 1 unspecified atom stereocenters.